The predicted molar refractivity (Wildman–Crippen MR) is 67.6 cm³/mol. The minimum atomic E-state index is 0.342. The molecule has 3 heteroatoms. The number of amides is 1. The van der Waals surface area contributed by atoms with Crippen LogP contribution in [0.4, 0.5) is 0 Å². The summed E-state index contributed by atoms with van der Waals surface area (Å²) in [6.45, 7) is 1.96. The van der Waals surface area contributed by atoms with E-state index in [1.165, 1.54) is 44.9 Å². The van der Waals surface area contributed by atoms with E-state index in [1.807, 2.05) is 0 Å². The number of carbonyl (C=O) groups is 1. The van der Waals surface area contributed by atoms with Crippen molar-refractivity contribution in [3.63, 3.8) is 0 Å². The lowest BCUT2D eigenvalue weighted by atomic mass is 10.0. The van der Waals surface area contributed by atoms with E-state index in [1.54, 1.807) is 0 Å². The van der Waals surface area contributed by atoms with E-state index in [0.717, 1.165) is 24.9 Å². The summed E-state index contributed by atoms with van der Waals surface area (Å²) in [7, 11) is 0. The summed E-state index contributed by atoms with van der Waals surface area (Å²) >= 11 is 0. The van der Waals surface area contributed by atoms with Crippen molar-refractivity contribution < 1.29 is 4.79 Å². The summed E-state index contributed by atoms with van der Waals surface area (Å²) in [6, 6.07) is 0.522. The Morgan fingerprint density at radius 3 is 2.41 bits per heavy atom. The van der Waals surface area contributed by atoms with E-state index in [2.05, 4.69) is 10.6 Å². The third-order valence-electron chi connectivity index (χ3n) is 4.89. The number of carbonyl (C=O) groups excluding carboxylic acids is 1. The third kappa shape index (κ3) is 2.49. The molecular formula is C14H24N2O. The van der Waals surface area contributed by atoms with Crippen LogP contribution in [-0.4, -0.2) is 25.0 Å². The molecule has 96 valence electrons. The molecule has 0 aromatic heterocycles. The molecule has 3 aliphatic rings. The highest BCUT2D eigenvalue weighted by atomic mass is 16.2. The van der Waals surface area contributed by atoms with Gasteiger partial charge in [-0.25, -0.2) is 0 Å². The van der Waals surface area contributed by atoms with Crippen LogP contribution in [0.1, 0.15) is 44.9 Å². The molecule has 1 saturated heterocycles. The molecule has 0 aromatic rings. The standard InChI is InChI=1S/C14H24N2O/c17-14(13-11-6-1-2-7-12(11)13)16-9-10-5-3-4-8-15-10/h10-13,15H,1-9H2,(H,16,17). The molecule has 3 atom stereocenters. The molecule has 3 fully saturated rings. The summed E-state index contributed by atoms with van der Waals surface area (Å²) < 4.78 is 0. The molecule has 2 saturated carbocycles. The maximum absolute atomic E-state index is 12.1. The van der Waals surface area contributed by atoms with E-state index in [4.69, 9.17) is 0 Å². The maximum Gasteiger partial charge on any atom is 0.223 e. The predicted octanol–water partition coefficient (Wildman–Crippen LogP) is 1.68. The lowest BCUT2D eigenvalue weighted by molar-refractivity contribution is -0.123. The summed E-state index contributed by atoms with van der Waals surface area (Å²) in [5.74, 6) is 2.20. The smallest absolute Gasteiger partial charge is 0.223 e. The second-order valence-electron chi connectivity index (χ2n) is 6.03. The number of rotatable bonds is 3. The van der Waals surface area contributed by atoms with Gasteiger partial charge in [-0.15, -0.1) is 0 Å². The summed E-state index contributed by atoms with van der Waals surface area (Å²) in [4.78, 5) is 12.1. The van der Waals surface area contributed by atoms with Crippen molar-refractivity contribution in [1.29, 1.82) is 0 Å². The highest BCUT2D eigenvalue weighted by molar-refractivity contribution is 5.82. The third-order valence-corrected chi connectivity index (χ3v) is 4.89. The molecule has 1 aliphatic heterocycles. The van der Waals surface area contributed by atoms with Crippen molar-refractivity contribution in [3.8, 4) is 0 Å². The molecule has 0 bridgehead atoms. The van der Waals surface area contributed by atoms with Crippen LogP contribution in [0.2, 0.25) is 0 Å². The van der Waals surface area contributed by atoms with Crippen molar-refractivity contribution in [3.05, 3.63) is 0 Å². The molecule has 0 radical (unpaired) electrons. The molecular weight excluding hydrogens is 212 g/mol. The fourth-order valence-electron chi connectivity index (χ4n) is 3.82. The average Bonchev–Trinajstić information content (AvgIpc) is 3.11. The second-order valence-corrected chi connectivity index (χ2v) is 6.03. The van der Waals surface area contributed by atoms with Crippen LogP contribution in [0.5, 0.6) is 0 Å². The Hall–Kier alpha value is -0.570. The van der Waals surface area contributed by atoms with Gasteiger partial charge in [0.1, 0.15) is 0 Å². The minimum absolute atomic E-state index is 0.342. The SMILES string of the molecule is O=C(NCC1CCCCN1)C1C2CCCCC21. The van der Waals surface area contributed by atoms with E-state index in [0.29, 0.717) is 17.9 Å². The van der Waals surface area contributed by atoms with E-state index >= 15 is 0 Å². The number of hydrogen-bond donors (Lipinski definition) is 2. The zero-order valence-corrected chi connectivity index (χ0v) is 10.6. The van der Waals surface area contributed by atoms with Gasteiger partial charge in [-0.1, -0.05) is 19.3 Å². The van der Waals surface area contributed by atoms with Crippen LogP contribution in [0, 0.1) is 17.8 Å². The van der Waals surface area contributed by atoms with Crippen LogP contribution in [-0.2, 0) is 4.79 Å². The maximum atomic E-state index is 12.1. The van der Waals surface area contributed by atoms with Gasteiger partial charge in [-0.2, -0.15) is 0 Å². The highest BCUT2D eigenvalue weighted by Gasteiger charge is 2.54. The van der Waals surface area contributed by atoms with Gasteiger partial charge in [0.2, 0.25) is 5.91 Å². The number of piperidine rings is 1. The van der Waals surface area contributed by atoms with Crippen LogP contribution >= 0.6 is 0 Å². The van der Waals surface area contributed by atoms with E-state index < -0.39 is 0 Å². The van der Waals surface area contributed by atoms with Gasteiger partial charge in [0, 0.05) is 18.5 Å². The Bertz CT molecular complexity index is 274. The molecule has 1 heterocycles. The normalized spacial score (nSPS) is 40.5. The van der Waals surface area contributed by atoms with Crippen LogP contribution < -0.4 is 10.6 Å². The Morgan fingerprint density at radius 2 is 1.76 bits per heavy atom. The first-order chi connectivity index (χ1) is 8.36. The largest absolute Gasteiger partial charge is 0.354 e. The summed E-state index contributed by atoms with van der Waals surface area (Å²) in [5.41, 5.74) is 0. The summed E-state index contributed by atoms with van der Waals surface area (Å²) in [6.07, 6.45) is 9.09. The van der Waals surface area contributed by atoms with Crippen LogP contribution in [0.25, 0.3) is 0 Å². The molecule has 3 nitrogen and oxygen atoms in total. The second kappa shape index (κ2) is 4.97. The minimum Gasteiger partial charge on any atom is -0.354 e. The lowest BCUT2D eigenvalue weighted by Crippen LogP contribution is -2.44. The topological polar surface area (TPSA) is 41.1 Å². The van der Waals surface area contributed by atoms with Gasteiger partial charge in [0.05, 0.1) is 0 Å². The first-order valence-electron chi connectivity index (χ1n) is 7.37. The Balaban J connectivity index is 1.41. The molecule has 17 heavy (non-hydrogen) atoms. The zero-order valence-electron chi connectivity index (χ0n) is 10.6. The molecule has 3 rings (SSSR count). The first-order valence-corrected chi connectivity index (χ1v) is 7.37. The fourth-order valence-corrected chi connectivity index (χ4v) is 3.82. The van der Waals surface area contributed by atoms with E-state index in [9.17, 15) is 4.79 Å². The highest BCUT2D eigenvalue weighted by Crippen LogP contribution is 2.55. The van der Waals surface area contributed by atoms with Crippen molar-refractivity contribution in [2.75, 3.05) is 13.1 Å². The van der Waals surface area contributed by atoms with Gasteiger partial charge >= 0.3 is 0 Å². The Morgan fingerprint density at radius 1 is 1.06 bits per heavy atom. The Kier molecular flexibility index (Phi) is 3.37. The summed E-state index contributed by atoms with van der Waals surface area (Å²) in [5, 5.41) is 6.65. The van der Waals surface area contributed by atoms with Crippen molar-refractivity contribution in [2.45, 2.75) is 51.0 Å². The van der Waals surface area contributed by atoms with Crippen LogP contribution in [0.15, 0.2) is 0 Å². The molecule has 0 spiro atoms. The lowest BCUT2D eigenvalue weighted by Gasteiger charge is -2.23. The molecule has 0 aromatic carbocycles. The molecule has 2 aliphatic carbocycles. The molecule has 3 unspecified atom stereocenters. The quantitative estimate of drug-likeness (QED) is 0.783. The van der Waals surface area contributed by atoms with Crippen molar-refractivity contribution >= 4 is 5.91 Å². The van der Waals surface area contributed by atoms with E-state index in [-0.39, 0.29) is 0 Å². The van der Waals surface area contributed by atoms with Crippen molar-refractivity contribution in [1.82, 2.24) is 10.6 Å². The number of nitrogens with one attached hydrogen (secondary N) is 2. The van der Waals surface area contributed by atoms with Gasteiger partial charge in [-0.05, 0) is 44.1 Å². The zero-order chi connectivity index (χ0) is 11.7. The fraction of sp³-hybridized carbons (Fsp3) is 0.929. The van der Waals surface area contributed by atoms with Crippen LogP contribution in [0.3, 0.4) is 0 Å². The average molecular weight is 236 g/mol. The Labute approximate surface area is 104 Å². The molecule has 2 N–H and O–H groups in total. The van der Waals surface area contributed by atoms with Crippen molar-refractivity contribution in [2.24, 2.45) is 17.8 Å². The number of hydrogen-bond acceptors (Lipinski definition) is 2. The monoisotopic (exact) mass is 236 g/mol. The van der Waals surface area contributed by atoms with Gasteiger partial charge in [0.15, 0.2) is 0 Å². The first kappa shape index (κ1) is 11.5. The van der Waals surface area contributed by atoms with Gasteiger partial charge in [0.25, 0.3) is 0 Å². The van der Waals surface area contributed by atoms with Gasteiger partial charge < -0.3 is 10.6 Å². The molecule has 1 amide bonds. The number of fused-ring (bicyclic) bond motifs is 1. The van der Waals surface area contributed by atoms with Gasteiger partial charge in [-0.3, -0.25) is 4.79 Å².